The van der Waals surface area contributed by atoms with E-state index < -0.39 is 9.17 Å². The quantitative estimate of drug-likeness (QED) is 0.441. The molecule has 0 aliphatic carbocycles. The molecule has 0 aliphatic heterocycles. The Morgan fingerprint density at radius 3 is 1.29 bits per heavy atom. The van der Waals surface area contributed by atoms with Crippen molar-refractivity contribution in [2.45, 2.75) is 0 Å². The molecular weight excluding hydrogens is 325 g/mol. The van der Waals surface area contributed by atoms with Gasteiger partial charge in [0, 0.05) is 0 Å². The average Bonchev–Trinajstić information content (AvgIpc) is 0.811. The zero-order chi connectivity index (χ0) is 3.58. The predicted octanol–water partition coefficient (Wildman–Crippen LogP) is -4.36. The van der Waals surface area contributed by atoms with Crippen LogP contribution in [0, 0.1) is 0 Å². The second-order valence-corrected chi connectivity index (χ2v) is 0.848. The first kappa shape index (κ1) is 22.4. The molecule has 0 unspecified atom stereocenters. The van der Waals surface area contributed by atoms with E-state index in [0.717, 1.165) is 0 Å². The molecule has 7 heteroatoms. The molecule has 7 heavy (non-hydrogen) atoms. The average molecular weight is 333 g/mol. The standard InChI is InChI=1S/Ba.Mg.H2O3Si.Sr.6H/c;;1-4(2)3;;;;;;;/h;;1-2H;;;;;;;. The minimum absolute atomic E-state index is 0. The van der Waals surface area contributed by atoms with Crippen molar-refractivity contribution in [1.82, 2.24) is 0 Å². The van der Waals surface area contributed by atoms with Gasteiger partial charge in [0.1, 0.15) is 0 Å². The van der Waals surface area contributed by atoms with Gasteiger partial charge in [-0.1, -0.05) is 0 Å². The third-order valence-corrected chi connectivity index (χ3v) is 0. The summed E-state index contributed by atoms with van der Waals surface area (Å²) < 4.78 is 8.74. The molecule has 36 valence electrons. The van der Waals surface area contributed by atoms with Crippen LogP contribution < -0.4 is 0 Å². The summed E-state index contributed by atoms with van der Waals surface area (Å²) in [4.78, 5) is 14.3. The maximum absolute atomic E-state index is 8.74. The van der Waals surface area contributed by atoms with Crippen molar-refractivity contribution >= 4 is 127 Å². The maximum atomic E-state index is 8.74. The van der Waals surface area contributed by atoms with Crippen LogP contribution in [0.4, 0.5) is 0 Å². The Morgan fingerprint density at radius 1 is 1.29 bits per heavy atom. The third kappa shape index (κ3) is 44.2. The van der Waals surface area contributed by atoms with Crippen LogP contribution >= 0.6 is 0 Å². The second-order valence-electron chi connectivity index (χ2n) is 0.283. The summed E-state index contributed by atoms with van der Waals surface area (Å²) in [6.07, 6.45) is 0. The van der Waals surface area contributed by atoms with Gasteiger partial charge in [0.2, 0.25) is 0 Å². The summed E-state index contributed by atoms with van der Waals surface area (Å²) in [5.74, 6) is 0. The molecule has 0 atom stereocenters. The Labute approximate surface area is 137 Å². The Balaban J connectivity index is -0.0000000150. The summed E-state index contributed by atoms with van der Waals surface area (Å²) in [6, 6.07) is 0. The van der Waals surface area contributed by atoms with Crippen LogP contribution in [-0.4, -0.2) is 136 Å². The van der Waals surface area contributed by atoms with E-state index in [0.29, 0.717) is 0 Å². The molecule has 0 spiro atoms. The van der Waals surface area contributed by atoms with E-state index >= 15 is 0 Å². The zero-order valence-electron chi connectivity index (χ0n) is 1.80. The van der Waals surface area contributed by atoms with Gasteiger partial charge in [-0.15, -0.1) is 0 Å². The van der Waals surface area contributed by atoms with E-state index in [1.54, 1.807) is 0 Å². The van der Waals surface area contributed by atoms with Crippen molar-refractivity contribution in [3.8, 4) is 0 Å². The second kappa shape index (κ2) is 16.2. The van der Waals surface area contributed by atoms with Gasteiger partial charge in [0.05, 0.1) is 0 Å². The molecule has 0 rings (SSSR count). The molecule has 0 aromatic carbocycles. The summed E-state index contributed by atoms with van der Waals surface area (Å²) in [7, 11) is -3.13. The first-order valence-electron chi connectivity index (χ1n) is 0.651. The molecule has 0 aliphatic rings. The van der Waals surface area contributed by atoms with Gasteiger partial charge in [-0.25, -0.2) is 0 Å². The van der Waals surface area contributed by atoms with Gasteiger partial charge in [0.15, 0.2) is 0 Å². The monoisotopic (exact) mass is 334 g/mol. The van der Waals surface area contributed by atoms with Crippen LogP contribution in [0.5, 0.6) is 0 Å². The van der Waals surface area contributed by atoms with Crippen LogP contribution in [-0.2, 0) is 4.46 Å². The van der Waals surface area contributed by atoms with Gasteiger partial charge in [0.25, 0.3) is 0 Å². The molecule has 0 radical (unpaired) electrons. The van der Waals surface area contributed by atoms with Gasteiger partial charge in [-0.2, -0.15) is 0 Å². The van der Waals surface area contributed by atoms with E-state index in [2.05, 4.69) is 0 Å². The van der Waals surface area contributed by atoms with Crippen molar-refractivity contribution in [3.05, 3.63) is 0 Å². The van der Waals surface area contributed by atoms with Crippen LogP contribution in [0.1, 0.15) is 0 Å². The van der Waals surface area contributed by atoms with Crippen molar-refractivity contribution < 1.29 is 14.1 Å². The van der Waals surface area contributed by atoms with Crippen LogP contribution in [0.15, 0.2) is 0 Å². The fourth-order valence-corrected chi connectivity index (χ4v) is 0. The molecular formula is H8BaMgO3SiSr. The molecule has 3 nitrogen and oxygen atoms in total. The predicted molar refractivity (Wildman–Crippen MR) is 36.5 cm³/mol. The summed E-state index contributed by atoms with van der Waals surface area (Å²) in [6.45, 7) is 0. The topological polar surface area (TPSA) is 57.5 Å². The van der Waals surface area contributed by atoms with E-state index in [1.807, 2.05) is 0 Å². The SMILES string of the molecule is O=[Si](O)O.[BaH2].[MgH2].[SrH2]. The van der Waals surface area contributed by atoms with E-state index in [9.17, 15) is 0 Å². The van der Waals surface area contributed by atoms with Crippen LogP contribution in [0.2, 0.25) is 0 Å². The minimum atomic E-state index is -3.13. The summed E-state index contributed by atoms with van der Waals surface area (Å²) in [5.41, 5.74) is 0. The van der Waals surface area contributed by atoms with E-state index in [-0.39, 0.29) is 117 Å². The summed E-state index contributed by atoms with van der Waals surface area (Å²) >= 11 is 0. The molecule has 0 bridgehead atoms. The molecule has 0 amide bonds. The normalized spacial score (nSPS) is 3.43. The third-order valence-electron chi connectivity index (χ3n) is 0. The Kier molecular flexibility index (Phi) is 52.0. The summed E-state index contributed by atoms with van der Waals surface area (Å²) in [5, 5.41) is 0. The van der Waals surface area contributed by atoms with Crippen LogP contribution in [0.3, 0.4) is 0 Å². The fourth-order valence-electron chi connectivity index (χ4n) is 0. The van der Waals surface area contributed by atoms with Crippen molar-refractivity contribution in [2.24, 2.45) is 0 Å². The molecule has 2 N–H and O–H groups in total. The van der Waals surface area contributed by atoms with Gasteiger partial charge in [-0.3, -0.25) is 4.46 Å². The van der Waals surface area contributed by atoms with Crippen molar-refractivity contribution in [1.29, 1.82) is 0 Å². The fraction of sp³-hybridized carbons (Fsp3) is 0. The van der Waals surface area contributed by atoms with E-state index in [4.69, 9.17) is 14.1 Å². The first-order chi connectivity index (χ1) is 1.73. The molecule has 0 aromatic rings. The Bertz CT molecular complexity index is 37.9. The van der Waals surface area contributed by atoms with Gasteiger partial charge < -0.3 is 9.59 Å². The van der Waals surface area contributed by atoms with Gasteiger partial charge in [-0.05, 0) is 0 Å². The van der Waals surface area contributed by atoms with Gasteiger partial charge >= 0.3 is 127 Å². The molecule has 0 saturated carbocycles. The zero-order valence-corrected chi connectivity index (χ0v) is 2.80. The molecule has 0 heterocycles. The number of hydrogen-bond acceptors (Lipinski definition) is 1. The number of hydrogen-bond donors (Lipinski definition) is 2. The van der Waals surface area contributed by atoms with Crippen molar-refractivity contribution in [3.63, 3.8) is 0 Å². The number of rotatable bonds is 0. The molecule has 0 saturated heterocycles. The van der Waals surface area contributed by atoms with E-state index in [1.165, 1.54) is 0 Å². The Morgan fingerprint density at radius 2 is 1.29 bits per heavy atom. The molecule has 0 fully saturated rings. The Hall–Kier alpha value is 3.44. The first-order valence-corrected chi connectivity index (χ1v) is 1.95. The molecule has 0 aromatic heterocycles. The van der Waals surface area contributed by atoms with Crippen LogP contribution in [0.25, 0.3) is 0 Å². The van der Waals surface area contributed by atoms with Crippen molar-refractivity contribution in [2.75, 3.05) is 0 Å².